The summed E-state index contributed by atoms with van der Waals surface area (Å²) in [4.78, 5) is 12.2. The zero-order valence-corrected chi connectivity index (χ0v) is 12.6. The Morgan fingerprint density at radius 1 is 1.25 bits per heavy atom. The van der Waals surface area contributed by atoms with E-state index in [-0.39, 0.29) is 11.3 Å². The van der Waals surface area contributed by atoms with Crippen molar-refractivity contribution in [3.8, 4) is 17.2 Å². The quantitative estimate of drug-likeness (QED) is 0.686. The van der Waals surface area contributed by atoms with Crippen molar-refractivity contribution in [2.75, 3.05) is 7.11 Å². The normalized spacial score (nSPS) is 10.2. The molecule has 0 saturated heterocycles. The van der Waals surface area contributed by atoms with E-state index in [2.05, 4.69) is 15.9 Å². The molecule has 0 aromatic heterocycles. The smallest absolute Gasteiger partial charge is 0.347 e. The summed E-state index contributed by atoms with van der Waals surface area (Å²) in [6, 6.07) is 10.1. The maximum atomic E-state index is 12.2. The Bertz CT molecular complexity index is 638. The van der Waals surface area contributed by atoms with Crippen molar-refractivity contribution >= 4 is 21.9 Å². The van der Waals surface area contributed by atoms with Crippen LogP contribution in [0.25, 0.3) is 0 Å². The van der Waals surface area contributed by atoms with Crippen molar-refractivity contribution in [3.63, 3.8) is 0 Å². The van der Waals surface area contributed by atoms with Crippen LogP contribution in [0.15, 0.2) is 40.9 Å². The van der Waals surface area contributed by atoms with E-state index in [0.717, 1.165) is 0 Å². The third-order valence-electron chi connectivity index (χ3n) is 2.81. The van der Waals surface area contributed by atoms with E-state index < -0.39 is 5.97 Å². The summed E-state index contributed by atoms with van der Waals surface area (Å²) in [7, 11) is 1.50. The molecule has 0 aliphatic carbocycles. The third kappa shape index (κ3) is 2.77. The van der Waals surface area contributed by atoms with Crippen molar-refractivity contribution < 1.29 is 19.4 Å². The molecule has 0 fully saturated rings. The maximum absolute atomic E-state index is 12.2. The van der Waals surface area contributed by atoms with Crippen LogP contribution >= 0.6 is 15.9 Å². The summed E-state index contributed by atoms with van der Waals surface area (Å²) in [6.45, 7) is 1.69. The number of phenols is 1. The SMILES string of the molecule is COc1c(Br)cc(O)c(C(=O)Oc2ccccc2)c1C. The Kier molecular flexibility index (Phi) is 4.29. The van der Waals surface area contributed by atoms with Crippen LogP contribution < -0.4 is 9.47 Å². The Labute approximate surface area is 125 Å². The first-order chi connectivity index (χ1) is 9.54. The van der Waals surface area contributed by atoms with E-state index in [1.807, 2.05) is 6.07 Å². The fourth-order valence-electron chi connectivity index (χ4n) is 1.90. The van der Waals surface area contributed by atoms with Gasteiger partial charge in [0.05, 0.1) is 11.6 Å². The number of carbonyl (C=O) groups is 1. The molecule has 0 bridgehead atoms. The highest BCUT2D eigenvalue weighted by molar-refractivity contribution is 9.10. The molecule has 0 heterocycles. The monoisotopic (exact) mass is 336 g/mol. The Balaban J connectivity index is 2.40. The van der Waals surface area contributed by atoms with Gasteiger partial charge in [-0.25, -0.2) is 4.79 Å². The lowest BCUT2D eigenvalue weighted by Gasteiger charge is -2.13. The molecule has 4 nitrogen and oxygen atoms in total. The molecule has 0 spiro atoms. The van der Waals surface area contributed by atoms with Crippen molar-refractivity contribution in [3.05, 3.63) is 52.0 Å². The number of ether oxygens (including phenoxy) is 2. The number of esters is 1. The molecule has 0 unspecified atom stereocenters. The van der Waals surface area contributed by atoms with Crippen LogP contribution in [0.2, 0.25) is 0 Å². The van der Waals surface area contributed by atoms with Crippen molar-refractivity contribution in [2.24, 2.45) is 0 Å². The number of hydrogen-bond donors (Lipinski definition) is 1. The number of carbonyl (C=O) groups excluding carboxylic acids is 1. The molecule has 0 atom stereocenters. The zero-order chi connectivity index (χ0) is 14.7. The fraction of sp³-hybridized carbons (Fsp3) is 0.133. The standard InChI is InChI=1S/C15H13BrO4/c1-9-13(12(17)8-11(16)14(9)19-2)15(18)20-10-6-4-3-5-7-10/h3-8,17H,1-2H3. The van der Waals surface area contributed by atoms with E-state index in [9.17, 15) is 9.90 Å². The van der Waals surface area contributed by atoms with E-state index in [1.165, 1.54) is 13.2 Å². The Hall–Kier alpha value is -2.01. The summed E-state index contributed by atoms with van der Waals surface area (Å²) < 4.78 is 11.0. The second-order valence-corrected chi connectivity index (χ2v) is 4.97. The van der Waals surface area contributed by atoms with Crippen molar-refractivity contribution in [1.82, 2.24) is 0 Å². The molecule has 0 amide bonds. The molecule has 5 heteroatoms. The van der Waals surface area contributed by atoms with Gasteiger partial charge in [-0.15, -0.1) is 0 Å². The topological polar surface area (TPSA) is 55.8 Å². The van der Waals surface area contributed by atoms with E-state index in [4.69, 9.17) is 9.47 Å². The molecule has 2 rings (SSSR count). The molecule has 0 aliphatic rings. The predicted molar refractivity (Wildman–Crippen MR) is 78.5 cm³/mol. The number of phenolic OH excluding ortho intramolecular Hbond substituents is 1. The molecule has 0 saturated carbocycles. The highest BCUT2D eigenvalue weighted by atomic mass is 79.9. The van der Waals surface area contributed by atoms with Crippen molar-refractivity contribution in [2.45, 2.75) is 6.92 Å². The first-order valence-electron chi connectivity index (χ1n) is 5.88. The van der Waals surface area contributed by atoms with Gasteiger partial charge in [-0.1, -0.05) is 18.2 Å². The van der Waals surface area contributed by atoms with E-state index in [1.54, 1.807) is 31.2 Å². The van der Waals surface area contributed by atoms with Gasteiger partial charge in [0.1, 0.15) is 22.8 Å². The van der Waals surface area contributed by atoms with Gasteiger partial charge in [0.2, 0.25) is 0 Å². The Morgan fingerprint density at radius 2 is 1.90 bits per heavy atom. The largest absolute Gasteiger partial charge is 0.507 e. The lowest BCUT2D eigenvalue weighted by Crippen LogP contribution is -2.11. The number of rotatable bonds is 3. The number of methoxy groups -OCH3 is 1. The first-order valence-corrected chi connectivity index (χ1v) is 6.67. The van der Waals surface area contributed by atoms with Gasteiger partial charge in [-0.05, 0) is 41.1 Å². The maximum Gasteiger partial charge on any atom is 0.347 e. The van der Waals surface area contributed by atoms with Gasteiger partial charge in [0.15, 0.2) is 0 Å². The van der Waals surface area contributed by atoms with Gasteiger partial charge in [-0.2, -0.15) is 0 Å². The Morgan fingerprint density at radius 3 is 2.50 bits per heavy atom. The molecule has 0 radical (unpaired) electrons. The number of para-hydroxylation sites is 1. The average molecular weight is 337 g/mol. The van der Waals surface area contributed by atoms with Gasteiger partial charge < -0.3 is 14.6 Å². The molecule has 2 aromatic rings. The van der Waals surface area contributed by atoms with Crippen molar-refractivity contribution in [1.29, 1.82) is 0 Å². The van der Waals surface area contributed by atoms with Crippen LogP contribution in [-0.4, -0.2) is 18.2 Å². The summed E-state index contributed by atoms with van der Waals surface area (Å²) in [5.41, 5.74) is 0.606. The first kappa shape index (κ1) is 14.4. The predicted octanol–water partition coefficient (Wildman–Crippen LogP) is 3.69. The van der Waals surface area contributed by atoms with Gasteiger partial charge in [-0.3, -0.25) is 0 Å². The van der Waals surface area contributed by atoms with Crippen LogP contribution in [0.1, 0.15) is 15.9 Å². The highest BCUT2D eigenvalue weighted by Crippen LogP contribution is 2.37. The lowest BCUT2D eigenvalue weighted by atomic mass is 10.1. The summed E-state index contributed by atoms with van der Waals surface area (Å²) in [6.07, 6.45) is 0. The summed E-state index contributed by atoms with van der Waals surface area (Å²) >= 11 is 3.27. The van der Waals surface area contributed by atoms with Gasteiger partial charge in [0, 0.05) is 5.56 Å². The average Bonchev–Trinajstić information content (AvgIpc) is 2.39. The van der Waals surface area contributed by atoms with Gasteiger partial charge >= 0.3 is 5.97 Å². The lowest BCUT2D eigenvalue weighted by molar-refractivity contribution is 0.0730. The van der Waals surface area contributed by atoms with Crippen LogP contribution in [0.5, 0.6) is 17.2 Å². The fourth-order valence-corrected chi connectivity index (χ4v) is 2.57. The third-order valence-corrected chi connectivity index (χ3v) is 3.40. The van der Waals surface area contributed by atoms with E-state index >= 15 is 0 Å². The number of aromatic hydroxyl groups is 1. The summed E-state index contributed by atoms with van der Waals surface area (Å²) in [5.74, 6) is 0.120. The van der Waals surface area contributed by atoms with Crippen LogP contribution in [0, 0.1) is 6.92 Å². The molecule has 0 aliphatic heterocycles. The minimum absolute atomic E-state index is 0.0916. The van der Waals surface area contributed by atoms with Crippen LogP contribution in [-0.2, 0) is 0 Å². The molecular weight excluding hydrogens is 324 g/mol. The number of halogens is 1. The van der Waals surface area contributed by atoms with Crippen LogP contribution in [0.4, 0.5) is 0 Å². The second-order valence-electron chi connectivity index (χ2n) is 4.11. The number of hydrogen-bond acceptors (Lipinski definition) is 4. The summed E-state index contributed by atoms with van der Waals surface area (Å²) in [5, 5.41) is 9.95. The zero-order valence-electron chi connectivity index (χ0n) is 11.0. The molecular formula is C15H13BrO4. The minimum Gasteiger partial charge on any atom is -0.507 e. The molecule has 2 aromatic carbocycles. The molecule has 104 valence electrons. The molecule has 1 N–H and O–H groups in total. The highest BCUT2D eigenvalue weighted by Gasteiger charge is 2.21. The molecule has 20 heavy (non-hydrogen) atoms. The van der Waals surface area contributed by atoms with Crippen LogP contribution in [0.3, 0.4) is 0 Å². The van der Waals surface area contributed by atoms with E-state index in [0.29, 0.717) is 21.5 Å². The van der Waals surface area contributed by atoms with Gasteiger partial charge in [0.25, 0.3) is 0 Å². The minimum atomic E-state index is -0.628. The number of benzene rings is 2. The second kappa shape index (κ2) is 5.96.